The molecule has 19 heteroatoms. The van der Waals surface area contributed by atoms with Gasteiger partial charge in [0.15, 0.2) is 12.2 Å². The number of aliphatic hydroxyl groups excluding tert-OH is 1. The van der Waals surface area contributed by atoms with Gasteiger partial charge in [0.1, 0.15) is 19.3 Å². The number of hydrogen-bond donors (Lipinski definition) is 3. The van der Waals surface area contributed by atoms with E-state index in [9.17, 15) is 43.2 Å². The van der Waals surface area contributed by atoms with Crippen LogP contribution >= 0.6 is 15.6 Å². The summed E-state index contributed by atoms with van der Waals surface area (Å²) in [4.78, 5) is 72.4. The average molecular weight is 1280 g/mol. The molecule has 0 saturated heterocycles. The number of carbonyl (C=O) groups excluding carboxylic acids is 4. The minimum atomic E-state index is -4.95. The lowest BCUT2D eigenvalue weighted by Crippen LogP contribution is -2.30. The Bertz CT molecular complexity index is 1730. The van der Waals surface area contributed by atoms with Crippen LogP contribution in [0.3, 0.4) is 0 Å². The molecular weight excluding hydrogens is 1150 g/mol. The molecule has 5 atom stereocenters. The molecule has 0 spiro atoms. The number of phosphoric acid groups is 2. The van der Waals surface area contributed by atoms with Crippen molar-refractivity contribution >= 4 is 39.5 Å². The molecule has 87 heavy (non-hydrogen) atoms. The lowest BCUT2D eigenvalue weighted by Gasteiger charge is -2.21. The summed E-state index contributed by atoms with van der Waals surface area (Å²) in [6.07, 6.45) is 39.2. The summed E-state index contributed by atoms with van der Waals surface area (Å²) < 4.78 is 68.1. The van der Waals surface area contributed by atoms with Crippen LogP contribution in [0.4, 0.5) is 0 Å². The van der Waals surface area contributed by atoms with Gasteiger partial charge in [0.2, 0.25) is 0 Å². The van der Waals surface area contributed by atoms with Gasteiger partial charge < -0.3 is 33.8 Å². The Morgan fingerprint density at radius 3 is 0.713 bits per heavy atom. The molecule has 516 valence electrons. The van der Waals surface area contributed by atoms with E-state index in [2.05, 4.69) is 55.4 Å². The topological polar surface area (TPSA) is 237 Å². The highest BCUT2D eigenvalue weighted by Gasteiger charge is 2.30. The fourth-order valence-electron chi connectivity index (χ4n) is 10.1. The normalized spacial score (nSPS) is 14.3. The smallest absolute Gasteiger partial charge is 0.462 e. The predicted molar refractivity (Wildman–Crippen MR) is 349 cm³/mol. The van der Waals surface area contributed by atoms with E-state index in [1.807, 2.05) is 0 Å². The Labute approximate surface area is 530 Å². The van der Waals surface area contributed by atoms with Crippen LogP contribution in [-0.2, 0) is 65.4 Å². The molecule has 3 N–H and O–H groups in total. The van der Waals surface area contributed by atoms with E-state index in [4.69, 9.17) is 37.0 Å². The van der Waals surface area contributed by atoms with Crippen LogP contribution in [0.5, 0.6) is 0 Å². The molecule has 0 saturated carbocycles. The van der Waals surface area contributed by atoms with Crippen molar-refractivity contribution in [3.05, 3.63) is 0 Å². The van der Waals surface area contributed by atoms with Crippen molar-refractivity contribution < 1.29 is 80.2 Å². The Balaban J connectivity index is 5.23. The van der Waals surface area contributed by atoms with Crippen LogP contribution in [0.15, 0.2) is 0 Å². The number of aliphatic hydroxyl groups is 1. The van der Waals surface area contributed by atoms with Gasteiger partial charge in [-0.2, -0.15) is 0 Å². The second-order valence-corrected chi connectivity index (χ2v) is 29.4. The summed E-state index contributed by atoms with van der Waals surface area (Å²) in [5.74, 6) is 0.775. The molecule has 17 nitrogen and oxygen atoms in total. The summed E-state index contributed by atoms with van der Waals surface area (Å²) in [5, 5.41) is 10.6. The molecule has 2 unspecified atom stereocenters. The van der Waals surface area contributed by atoms with E-state index in [0.717, 1.165) is 108 Å². The van der Waals surface area contributed by atoms with Crippen molar-refractivity contribution in [2.45, 2.75) is 350 Å². The van der Waals surface area contributed by atoms with Crippen molar-refractivity contribution in [3.8, 4) is 0 Å². The third-order valence-electron chi connectivity index (χ3n) is 15.6. The van der Waals surface area contributed by atoms with Crippen molar-refractivity contribution in [3.63, 3.8) is 0 Å². The van der Waals surface area contributed by atoms with Crippen LogP contribution in [0.1, 0.15) is 331 Å². The Morgan fingerprint density at radius 1 is 0.287 bits per heavy atom. The van der Waals surface area contributed by atoms with E-state index in [1.165, 1.54) is 128 Å². The molecule has 0 fully saturated rings. The molecule has 0 amide bonds. The van der Waals surface area contributed by atoms with Gasteiger partial charge in [0, 0.05) is 25.7 Å². The minimum Gasteiger partial charge on any atom is -0.462 e. The first-order valence-electron chi connectivity index (χ1n) is 35.2. The quantitative estimate of drug-likeness (QED) is 0.0222. The molecule has 0 aliphatic carbocycles. The van der Waals surface area contributed by atoms with Gasteiger partial charge in [-0.25, -0.2) is 9.13 Å². The Hall–Kier alpha value is -1.94. The number of esters is 4. The summed E-state index contributed by atoms with van der Waals surface area (Å²) in [6, 6.07) is 0. The zero-order valence-electron chi connectivity index (χ0n) is 56.6. The summed E-state index contributed by atoms with van der Waals surface area (Å²) in [6.45, 7) is 14.0. The molecular formula is C68H132O17P2. The largest absolute Gasteiger partial charge is 0.472 e. The summed E-state index contributed by atoms with van der Waals surface area (Å²) in [5.41, 5.74) is 0. The zero-order valence-corrected chi connectivity index (χ0v) is 58.4. The van der Waals surface area contributed by atoms with Gasteiger partial charge in [0.25, 0.3) is 0 Å². The number of hydrogen-bond acceptors (Lipinski definition) is 15. The van der Waals surface area contributed by atoms with Crippen LogP contribution in [-0.4, -0.2) is 96.7 Å². The third kappa shape index (κ3) is 62.6. The van der Waals surface area contributed by atoms with Gasteiger partial charge in [-0.15, -0.1) is 0 Å². The van der Waals surface area contributed by atoms with Crippen molar-refractivity contribution in [1.82, 2.24) is 0 Å². The number of rotatable bonds is 65. The lowest BCUT2D eigenvalue weighted by molar-refractivity contribution is -0.161. The Morgan fingerprint density at radius 2 is 0.483 bits per heavy atom. The lowest BCUT2D eigenvalue weighted by atomic mass is 10.0. The third-order valence-corrected chi connectivity index (χ3v) is 17.5. The molecule has 0 aromatic carbocycles. The van der Waals surface area contributed by atoms with Crippen LogP contribution in [0.2, 0.25) is 0 Å². The standard InChI is InChI=1S/C68H132O17P2/c1-58(2)44-36-28-20-15-11-9-10-12-18-24-34-42-50-67(72)84-64(55-79-66(71)49-41-33-27-26-31-39-47-61(7)8)57-83-87(76,77)81-53-62(69)52-80-86(74,75)82-56-63(85-68(73)51-43-35-25-19-22-30-38-46-60(5)6)54-78-65(70)48-40-32-23-17-14-13-16-21-29-37-45-59(3)4/h58-64,69H,9-57H2,1-8H3,(H,74,75)(H,76,77)/t62-,63-,64-/m1/s1. The molecule has 0 radical (unpaired) electrons. The maximum atomic E-state index is 13.0. The molecule has 0 aliphatic rings. The highest BCUT2D eigenvalue weighted by Crippen LogP contribution is 2.45. The molecule has 0 aliphatic heterocycles. The van der Waals surface area contributed by atoms with Crippen LogP contribution < -0.4 is 0 Å². The average Bonchev–Trinajstić information content (AvgIpc) is 3.63. The maximum absolute atomic E-state index is 13.0. The van der Waals surface area contributed by atoms with E-state index in [0.29, 0.717) is 37.5 Å². The maximum Gasteiger partial charge on any atom is 0.472 e. The fourth-order valence-corrected chi connectivity index (χ4v) is 11.7. The fraction of sp³-hybridized carbons (Fsp3) is 0.941. The second kappa shape index (κ2) is 57.9. The van der Waals surface area contributed by atoms with E-state index in [1.54, 1.807) is 0 Å². The predicted octanol–water partition coefficient (Wildman–Crippen LogP) is 18.9. The number of ether oxygens (including phenoxy) is 4. The highest BCUT2D eigenvalue weighted by atomic mass is 31.2. The molecule has 0 bridgehead atoms. The van der Waals surface area contributed by atoms with E-state index >= 15 is 0 Å². The SMILES string of the molecule is CC(C)CCCCCCCCCCCCCCC(=O)O[C@H](COC(=O)CCCCCCCCC(C)C)COP(=O)(O)OC[C@H](O)COP(=O)(O)OC[C@@H](COC(=O)CCCCCCCCCCCCC(C)C)OC(=O)CCCCCCCCCC(C)C. The van der Waals surface area contributed by atoms with E-state index < -0.39 is 97.5 Å². The first-order chi connectivity index (χ1) is 41.6. The van der Waals surface area contributed by atoms with Gasteiger partial charge >= 0.3 is 39.5 Å². The number of phosphoric ester groups is 2. The second-order valence-electron chi connectivity index (χ2n) is 26.5. The van der Waals surface area contributed by atoms with Crippen molar-refractivity contribution in [1.29, 1.82) is 0 Å². The molecule has 0 heterocycles. The molecule has 0 aromatic heterocycles. The summed E-state index contributed by atoms with van der Waals surface area (Å²) >= 11 is 0. The van der Waals surface area contributed by atoms with Crippen molar-refractivity contribution in [2.24, 2.45) is 23.7 Å². The van der Waals surface area contributed by atoms with Gasteiger partial charge in [-0.1, -0.05) is 280 Å². The first-order valence-corrected chi connectivity index (χ1v) is 38.2. The van der Waals surface area contributed by atoms with Crippen molar-refractivity contribution in [2.75, 3.05) is 39.6 Å². The van der Waals surface area contributed by atoms with Gasteiger partial charge in [-0.05, 0) is 49.4 Å². The number of carbonyl (C=O) groups is 4. The Kier molecular flexibility index (Phi) is 56.6. The van der Waals surface area contributed by atoms with Gasteiger partial charge in [0.05, 0.1) is 26.4 Å². The van der Waals surface area contributed by atoms with Crippen LogP contribution in [0.25, 0.3) is 0 Å². The number of unbranched alkanes of at least 4 members (excludes halogenated alkanes) is 31. The summed E-state index contributed by atoms with van der Waals surface area (Å²) in [7, 11) is -9.90. The van der Waals surface area contributed by atoms with Gasteiger partial charge in [-0.3, -0.25) is 37.3 Å². The molecule has 0 rings (SSSR count). The van der Waals surface area contributed by atoms with E-state index in [-0.39, 0.29) is 25.7 Å². The minimum absolute atomic E-state index is 0.103. The monoisotopic (exact) mass is 1280 g/mol. The first kappa shape index (κ1) is 85.1. The highest BCUT2D eigenvalue weighted by molar-refractivity contribution is 7.47. The van der Waals surface area contributed by atoms with Crippen LogP contribution in [0, 0.1) is 23.7 Å². The molecule has 0 aromatic rings. The zero-order chi connectivity index (χ0) is 64.7.